The van der Waals surface area contributed by atoms with Gasteiger partial charge in [0.2, 0.25) is 0 Å². The molecule has 2 N–H and O–H groups in total. The number of aromatic nitrogens is 3. The lowest BCUT2D eigenvalue weighted by atomic mass is 9.80. The van der Waals surface area contributed by atoms with Gasteiger partial charge in [-0.3, -0.25) is 10.1 Å². The van der Waals surface area contributed by atoms with Crippen molar-refractivity contribution in [2.24, 2.45) is 5.41 Å². The van der Waals surface area contributed by atoms with Crippen molar-refractivity contribution in [3.63, 3.8) is 0 Å². The van der Waals surface area contributed by atoms with E-state index in [2.05, 4.69) is 20.5 Å². The largest absolute Gasteiger partial charge is 0.481 e. The van der Waals surface area contributed by atoms with Crippen LogP contribution in [0.25, 0.3) is 0 Å². The molecule has 8 nitrogen and oxygen atoms in total. The van der Waals surface area contributed by atoms with Crippen LogP contribution in [0.15, 0.2) is 12.4 Å². The summed E-state index contributed by atoms with van der Waals surface area (Å²) in [5.41, 5.74) is -0.748. The Labute approximate surface area is 109 Å². The van der Waals surface area contributed by atoms with Crippen LogP contribution in [0.3, 0.4) is 0 Å². The van der Waals surface area contributed by atoms with Crippen molar-refractivity contribution >= 4 is 17.9 Å². The zero-order chi connectivity index (χ0) is 13.9. The Bertz CT molecular complexity index is 470. The first kappa shape index (κ1) is 13.2. The highest BCUT2D eigenvalue weighted by atomic mass is 16.4. The summed E-state index contributed by atoms with van der Waals surface area (Å²) >= 11 is 0. The summed E-state index contributed by atoms with van der Waals surface area (Å²) < 4.78 is 0. The van der Waals surface area contributed by atoms with Gasteiger partial charge in [0.15, 0.2) is 0 Å². The monoisotopic (exact) mass is 265 g/mol. The number of carbonyl (C=O) groups excluding carboxylic acids is 1. The van der Waals surface area contributed by atoms with Crippen molar-refractivity contribution in [2.75, 3.05) is 18.4 Å². The fourth-order valence-electron chi connectivity index (χ4n) is 1.90. The zero-order valence-electron chi connectivity index (χ0n) is 10.5. The second kappa shape index (κ2) is 5.17. The molecule has 0 bridgehead atoms. The summed E-state index contributed by atoms with van der Waals surface area (Å²) in [6.07, 6.45) is 3.71. The number of amides is 2. The molecule has 0 aliphatic carbocycles. The van der Waals surface area contributed by atoms with Crippen LogP contribution in [0.4, 0.5) is 10.7 Å². The number of piperidine rings is 1. The number of carboxylic acids is 1. The number of carboxylic acid groups (broad SMARTS) is 1. The third-order valence-corrected chi connectivity index (χ3v) is 3.37. The summed E-state index contributed by atoms with van der Waals surface area (Å²) in [4.78, 5) is 28.4. The van der Waals surface area contributed by atoms with Crippen molar-refractivity contribution in [3.8, 4) is 0 Å². The lowest BCUT2D eigenvalue weighted by Gasteiger charge is -2.36. The van der Waals surface area contributed by atoms with Crippen molar-refractivity contribution in [1.82, 2.24) is 20.1 Å². The topological polar surface area (TPSA) is 108 Å². The van der Waals surface area contributed by atoms with Crippen molar-refractivity contribution < 1.29 is 14.7 Å². The quantitative estimate of drug-likeness (QED) is 0.810. The summed E-state index contributed by atoms with van der Waals surface area (Å²) in [7, 11) is 0. The molecule has 8 heteroatoms. The Morgan fingerprint density at radius 2 is 2.05 bits per heavy atom. The maximum absolute atomic E-state index is 11.9. The van der Waals surface area contributed by atoms with Crippen LogP contribution < -0.4 is 5.32 Å². The molecule has 1 aromatic heterocycles. The van der Waals surface area contributed by atoms with Crippen LogP contribution >= 0.6 is 0 Å². The van der Waals surface area contributed by atoms with Gasteiger partial charge in [0.05, 0.1) is 17.8 Å². The van der Waals surface area contributed by atoms with E-state index in [1.807, 2.05) is 0 Å². The molecule has 102 valence electrons. The summed E-state index contributed by atoms with van der Waals surface area (Å²) in [5.74, 6) is -0.678. The van der Waals surface area contributed by atoms with Gasteiger partial charge in [-0.1, -0.05) is 0 Å². The minimum Gasteiger partial charge on any atom is -0.481 e. The Hall–Kier alpha value is -2.25. The Morgan fingerprint density at radius 3 is 2.58 bits per heavy atom. The van der Waals surface area contributed by atoms with E-state index >= 15 is 0 Å². The van der Waals surface area contributed by atoms with E-state index in [0.29, 0.717) is 25.9 Å². The fourth-order valence-corrected chi connectivity index (χ4v) is 1.90. The molecule has 0 radical (unpaired) electrons. The number of rotatable bonds is 2. The van der Waals surface area contributed by atoms with E-state index in [1.54, 1.807) is 11.8 Å². The summed E-state index contributed by atoms with van der Waals surface area (Å²) in [6, 6.07) is -0.333. The average molecular weight is 265 g/mol. The number of nitrogens with zero attached hydrogens (tertiary/aromatic N) is 4. The molecule has 1 saturated heterocycles. The van der Waals surface area contributed by atoms with Crippen molar-refractivity contribution in [1.29, 1.82) is 0 Å². The first-order chi connectivity index (χ1) is 9.01. The second-order valence-electron chi connectivity index (χ2n) is 4.75. The molecule has 2 rings (SSSR count). The van der Waals surface area contributed by atoms with Gasteiger partial charge < -0.3 is 10.0 Å². The van der Waals surface area contributed by atoms with E-state index in [0.717, 1.165) is 0 Å². The van der Waals surface area contributed by atoms with E-state index in [1.165, 1.54) is 12.4 Å². The van der Waals surface area contributed by atoms with Gasteiger partial charge in [0.25, 0.3) is 5.95 Å². The van der Waals surface area contributed by atoms with Crippen molar-refractivity contribution in [2.45, 2.75) is 19.8 Å². The lowest BCUT2D eigenvalue weighted by Crippen LogP contribution is -2.46. The Balaban J connectivity index is 1.91. The van der Waals surface area contributed by atoms with Gasteiger partial charge in [-0.2, -0.15) is 5.10 Å². The minimum atomic E-state index is -0.817. The number of likely N-dealkylation sites (tertiary alicyclic amines) is 1. The second-order valence-corrected chi connectivity index (χ2v) is 4.75. The van der Waals surface area contributed by atoms with Gasteiger partial charge in [0, 0.05) is 13.1 Å². The number of urea groups is 1. The molecular weight excluding hydrogens is 250 g/mol. The van der Waals surface area contributed by atoms with Crippen LogP contribution in [0.2, 0.25) is 0 Å². The first-order valence-corrected chi connectivity index (χ1v) is 5.94. The van der Waals surface area contributed by atoms with Crippen LogP contribution in [-0.4, -0.2) is 50.3 Å². The standard InChI is InChI=1S/C11H15N5O3/c1-11(8(17)18)2-6-16(7-3-11)10(19)14-9-12-4-5-13-15-9/h4-5H,2-3,6-7H2,1H3,(H,17,18)(H,12,14,15,19). The molecule has 2 amide bonds. The van der Waals surface area contributed by atoms with E-state index < -0.39 is 11.4 Å². The molecule has 1 aliphatic heterocycles. The first-order valence-electron chi connectivity index (χ1n) is 5.94. The average Bonchev–Trinajstić information content (AvgIpc) is 2.40. The van der Waals surface area contributed by atoms with Gasteiger partial charge in [0.1, 0.15) is 0 Å². The normalized spacial score (nSPS) is 17.8. The van der Waals surface area contributed by atoms with Crippen LogP contribution in [-0.2, 0) is 4.79 Å². The van der Waals surface area contributed by atoms with Crippen molar-refractivity contribution in [3.05, 3.63) is 12.4 Å². The molecule has 1 aromatic rings. The lowest BCUT2D eigenvalue weighted by molar-refractivity contribution is -0.150. The maximum Gasteiger partial charge on any atom is 0.324 e. The molecule has 0 saturated carbocycles. The molecule has 2 heterocycles. The Morgan fingerprint density at radius 1 is 1.37 bits per heavy atom. The molecule has 0 aromatic carbocycles. The number of carbonyl (C=O) groups is 2. The molecule has 19 heavy (non-hydrogen) atoms. The molecule has 0 unspecified atom stereocenters. The highest BCUT2D eigenvalue weighted by Crippen LogP contribution is 2.31. The summed E-state index contributed by atoms with van der Waals surface area (Å²) in [6.45, 7) is 2.50. The van der Waals surface area contributed by atoms with Gasteiger partial charge in [-0.05, 0) is 19.8 Å². The van der Waals surface area contributed by atoms with E-state index in [9.17, 15) is 9.59 Å². The predicted molar refractivity (Wildman–Crippen MR) is 65.4 cm³/mol. The summed E-state index contributed by atoms with van der Waals surface area (Å²) in [5, 5.41) is 18.9. The van der Waals surface area contributed by atoms with Crippen LogP contribution in [0, 0.1) is 5.41 Å². The molecule has 0 spiro atoms. The van der Waals surface area contributed by atoms with Crippen LogP contribution in [0.1, 0.15) is 19.8 Å². The highest BCUT2D eigenvalue weighted by molar-refractivity contribution is 5.87. The minimum absolute atomic E-state index is 0.138. The number of anilines is 1. The smallest absolute Gasteiger partial charge is 0.324 e. The SMILES string of the molecule is CC1(C(=O)O)CCN(C(=O)Nc2nccnn2)CC1. The molecular formula is C11H15N5O3. The predicted octanol–water partition coefficient (Wildman–Crippen LogP) is 0.590. The zero-order valence-corrected chi connectivity index (χ0v) is 10.5. The maximum atomic E-state index is 11.9. The number of nitrogens with one attached hydrogen (secondary N) is 1. The van der Waals surface area contributed by atoms with E-state index in [-0.39, 0.29) is 12.0 Å². The number of aliphatic carboxylic acids is 1. The van der Waals surface area contributed by atoms with E-state index in [4.69, 9.17) is 5.11 Å². The number of hydrogen-bond acceptors (Lipinski definition) is 5. The third-order valence-electron chi connectivity index (χ3n) is 3.37. The van der Waals surface area contributed by atoms with Crippen LogP contribution in [0.5, 0.6) is 0 Å². The molecule has 1 fully saturated rings. The fraction of sp³-hybridized carbons (Fsp3) is 0.545. The Kier molecular flexibility index (Phi) is 3.59. The highest BCUT2D eigenvalue weighted by Gasteiger charge is 2.38. The molecule has 0 atom stereocenters. The van der Waals surface area contributed by atoms with Gasteiger partial charge in [-0.15, -0.1) is 5.10 Å². The number of hydrogen-bond donors (Lipinski definition) is 2. The molecule has 1 aliphatic rings. The third kappa shape index (κ3) is 2.95. The van der Waals surface area contributed by atoms with Gasteiger partial charge in [-0.25, -0.2) is 9.78 Å². The van der Waals surface area contributed by atoms with Gasteiger partial charge >= 0.3 is 12.0 Å².